The van der Waals surface area contributed by atoms with E-state index in [1.165, 1.54) is 5.56 Å². The molecule has 0 aromatic heterocycles. The summed E-state index contributed by atoms with van der Waals surface area (Å²) < 4.78 is 21.9. The zero-order valence-electron chi connectivity index (χ0n) is 14.2. The van der Waals surface area contributed by atoms with Crippen LogP contribution in [0.5, 0.6) is 17.2 Å². The number of hydrogen-bond donors (Lipinski definition) is 0. The fourth-order valence-electron chi connectivity index (χ4n) is 2.88. The molecule has 2 aromatic rings. The highest BCUT2D eigenvalue weighted by molar-refractivity contribution is 5.54. The van der Waals surface area contributed by atoms with E-state index in [9.17, 15) is 0 Å². The molecule has 1 atom stereocenters. The maximum atomic E-state index is 5.94. The van der Waals surface area contributed by atoms with Crippen LogP contribution in [0.3, 0.4) is 0 Å². The summed E-state index contributed by atoms with van der Waals surface area (Å²) in [5, 5.41) is 0. The van der Waals surface area contributed by atoms with Crippen LogP contribution in [0, 0.1) is 0 Å². The monoisotopic (exact) mass is 326 g/mol. The van der Waals surface area contributed by atoms with Gasteiger partial charge in [-0.15, -0.1) is 0 Å². The van der Waals surface area contributed by atoms with E-state index in [1.807, 2.05) is 36.4 Å². The van der Waals surface area contributed by atoms with Gasteiger partial charge in [0.2, 0.25) is 0 Å². The van der Waals surface area contributed by atoms with Gasteiger partial charge in [-0.25, -0.2) is 0 Å². The van der Waals surface area contributed by atoms with Gasteiger partial charge in [-0.3, -0.25) is 0 Å². The van der Waals surface area contributed by atoms with Crippen molar-refractivity contribution in [2.45, 2.75) is 12.5 Å². The fraction of sp³-hybridized carbons (Fsp3) is 0.300. The molecule has 126 valence electrons. The number of ether oxygens (including phenoxy) is 4. The lowest BCUT2D eigenvalue weighted by atomic mass is 9.96. The lowest BCUT2D eigenvalue weighted by molar-refractivity contribution is 0.0751. The summed E-state index contributed by atoms with van der Waals surface area (Å²) >= 11 is 0. The molecule has 2 aromatic carbocycles. The zero-order valence-corrected chi connectivity index (χ0v) is 14.2. The van der Waals surface area contributed by atoms with Crippen molar-refractivity contribution in [1.82, 2.24) is 0 Å². The first-order valence-electron chi connectivity index (χ1n) is 7.94. The van der Waals surface area contributed by atoms with Crippen molar-refractivity contribution in [1.29, 1.82) is 0 Å². The van der Waals surface area contributed by atoms with Crippen LogP contribution in [-0.4, -0.2) is 27.9 Å². The van der Waals surface area contributed by atoms with E-state index in [1.54, 1.807) is 21.3 Å². The SMILES string of the molecule is COc1ccc(C=CC2OCCc3cc(OC)c(OC)cc32)cc1. The molecule has 4 heteroatoms. The molecule has 3 rings (SSSR count). The lowest BCUT2D eigenvalue weighted by Gasteiger charge is -2.25. The standard InChI is InChI=1S/C20H22O4/c1-21-16-7-4-14(5-8-16)6-9-18-17-13-20(23-3)19(22-2)12-15(17)10-11-24-18/h4-9,12-13,18H,10-11H2,1-3H3. The van der Waals surface area contributed by atoms with Crippen LogP contribution >= 0.6 is 0 Å². The Hall–Kier alpha value is -2.46. The van der Waals surface area contributed by atoms with E-state index in [2.05, 4.69) is 12.2 Å². The molecule has 0 saturated heterocycles. The van der Waals surface area contributed by atoms with Crippen LogP contribution < -0.4 is 14.2 Å². The molecule has 1 aliphatic heterocycles. The summed E-state index contributed by atoms with van der Waals surface area (Å²) in [5.74, 6) is 2.34. The van der Waals surface area contributed by atoms with Crippen LogP contribution in [-0.2, 0) is 11.2 Å². The van der Waals surface area contributed by atoms with E-state index in [4.69, 9.17) is 18.9 Å². The number of benzene rings is 2. The van der Waals surface area contributed by atoms with Gasteiger partial charge >= 0.3 is 0 Å². The third-order valence-electron chi connectivity index (χ3n) is 4.20. The first-order chi connectivity index (χ1) is 11.7. The molecule has 0 saturated carbocycles. The van der Waals surface area contributed by atoms with Gasteiger partial charge in [-0.2, -0.15) is 0 Å². The molecule has 1 aliphatic rings. The quantitative estimate of drug-likeness (QED) is 0.831. The highest BCUT2D eigenvalue weighted by atomic mass is 16.5. The Morgan fingerprint density at radius 1 is 0.958 bits per heavy atom. The number of rotatable bonds is 5. The van der Waals surface area contributed by atoms with Crippen molar-refractivity contribution in [3.8, 4) is 17.2 Å². The topological polar surface area (TPSA) is 36.9 Å². The van der Waals surface area contributed by atoms with E-state index in [-0.39, 0.29) is 6.10 Å². The molecule has 24 heavy (non-hydrogen) atoms. The van der Waals surface area contributed by atoms with Gasteiger partial charge in [-0.05, 0) is 47.4 Å². The zero-order chi connectivity index (χ0) is 16.9. The largest absolute Gasteiger partial charge is 0.497 e. The molecule has 0 radical (unpaired) electrons. The van der Waals surface area contributed by atoms with Gasteiger partial charge in [0.1, 0.15) is 11.9 Å². The van der Waals surface area contributed by atoms with Gasteiger partial charge in [-0.1, -0.05) is 24.3 Å². The van der Waals surface area contributed by atoms with Crippen LogP contribution in [0.1, 0.15) is 22.8 Å². The third kappa shape index (κ3) is 3.39. The minimum atomic E-state index is -0.0874. The minimum Gasteiger partial charge on any atom is -0.497 e. The number of fused-ring (bicyclic) bond motifs is 1. The molecule has 4 nitrogen and oxygen atoms in total. The second kappa shape index (κ2) is 7.41. The normalized spacial score (nSPS) is 16.7. The molecule has 0 fully saturated rings. The van der Waals surface area contributed by atoms with Gasteiger partial charge in [0.05, 0.1) is 27.9 Å². The van der Waals surface area contributed by atoms with Crippen molar-refractivity contribution in [3.05, 3.63) is 59.2 Å². The Kier molecular flexibility index (Phi) is 5.06. The molecule has 1 unspecified atom stereocenters. The highest BCUT2D eigenvalue weighted by Gasteiger charge is 2.21. The average Bonchev–Trinajstić information content (AvgIpc) is 2.65. The van der Waals surface area contributed by atoms with Gasteiger partial charge in [0.15, 0.2) is 11.5 Å². The first-order valence-corrected chi connectivity index (χ1v) is 7.94. The Balaban J connectivity index is 1.86. The highest BCUT2D eigenvalue weighted by Crippen LogP contribution is 2.37. The lowest BCUT2D eigenvalue weighted by Crippen LogP contribution is -2.15. The number of methoxy groups -OCH3 is 3. The summed E-state index contributed by atoms with van der Waals surface area (Å²) in [4.78, 5) is 0. The van der Waals surface area contributed by atoms with Crippen LogP contribution in [0.15, 0.2) is 42.5 Å². The molecular formula is C20H22O4. The van der Waals surface area contributed by atoms with Crippen molar-refractivity contribution >= 4 is 6.08 Å². The van der Waals surface area contributed by atoms with Gasteiger partial charge in [0, 0.05) is 0 Å². The molecule has 0 bridgehead atoms. The third-order valence-corrected chi connectivity index (χ3v) is 4.20. The summed E-state index contributed by atoms with van der Waals surface area (Å²) in [5.41, 5.74) is 3.47. The van der Waals surface area contributed by atoms with Crippen LogP contribution in [0.2, 0.25) is 0 Å². The summed E-state index contributed by atoms with van der Waals surface area (Å²) in [6.07, 6.45) is 4.93. The van der Waals surface area contributed by atoms with Crippen molar-refractivity contribution in [2.24, 2.45) is 0 Å². The fourth-order valence-corrected chi connectivity index (χ4v) is 2.88. The van der Waals surface area contributed by atoms with E-state index < -0.39 is 0 Å². The Morgan fingerprint density at radius 2 is 1.67 bits per heavy atom. The Labute approximate surface area is 142 Å². The van der Waals surface area contributed by atoms with E-state index >= 15 is 0 Å². The van der Waals surface area contributed by atoms with Gasteiger partial charge in [0.25, 0.3) is 0 Å². The van der Waals surface area contributed by atoms with Crippen LogP contribution in [0.25, 0.3) is 6.08 Å². The summed E-state index contributed by atoms with van der Waals surface area (Å²) in [6, 6.07) is 12.0. The molecular weight excluding hydrogens is 304 g/mol. The second-order valence-corrected chi connectivity index (χ2v) is 5.58. The summed E-state index contributed by atoms with van der Waals surface area (Å²) in [7, 11) is 4.97. The molecule has 0 aliphatic carbocycles. The van der Waals surface area contributed by atoms with Crippen molar-refractivity contribution in [2.75, 3.05) is 27.9 Å². The second-order valence-electron chi connectivity index (χ2n) is 5.58. The maximum absolute atomic E-state index is 5.94. The summed E-state index contributed by atoms with van der Waals surface area (Å²) in [6.45, 7) is 0.695. The van der Waals surface area contributed by atoms with Gasteiger partial charge < -0.3 is 18.9 Å². The van der Waals surface area contributed by atoms with E-state index in [0.29, 0.717) is 6.61 Å². The predicted octanol–water partition coefficient (Wildman–Crippen LogP) is 4.04. The first kappa shape index (κ1) is 16.4. The Bertz CT molecular complexity index is 719. The molecule has 0 spiro atoms. The predicted molar refractivity (Wildman–Crippen MR) is 94.0 cm³/mol. The molecule has 0 amide bonds. The average molecular weight is 326 g/mol. The van der Waals surface area contributed by atoms with Crippen molar-refractivity contribution < 1.29 is 18.9 Å². The Morgan fingerprint density at radius 3 is 2.33 bits per heavy atom. The van der Waals surface area contributed by atoms with Crippen molar-refractivity contribution in [3.63, 3.8) is 0 Å². The maximum Gasteiger partial charge on any atom is 0.161 e. The van der Waals surface area contributed by atoms with E-state index in [0.717, 1.165) is 34.8 Å². The smallest absolute Gasteiger partial charge is 0.161 e. The number of hydrogen-bond acceptors (Lipinski definition) is 4. The molecule has 0 N–H and O–H groups in total. The van der Waals surface area contributed by atoms with Crippen LogP contribution in [0.4, 0.5) is 0 Å². The minimum absolute atomic E-state index is 0.0874. The molecule has 1 heterocycles.